The number of aromatic carboxylic acids is 1. The molecule has 0 unspecified atom stereocenters. The van der Waals surface area contributed by atoms with Gasteiger partial charge < -0.3 is 24.1 Å². The van der Waals surface area contributed by atoms with Crippen LogP contribution in [0.4, 0.5) is 0 Å². The van der Waals surface area contributed by atoms with Gasteiger partial charge in [-0.3, -0.25) is 0 Å². The number of hydrogen-bond donors (Lipinski definition) is 1. The lowest BCUT2D eigenvalue weighted by atomic mass is 9.77. The molecule has 0 radical (unpaired) electrons. The maximum absolute atomic E-state index is 13.0. The predicted molar refractivity (Wildman–Crippen MR) is 121 cm³/mol. The number of carbonyl (C=O) groups excluding carboxylic acids is 1. The Morgan fingerprint density at radius 2 is 1.44 bits per heavy atom. The fourth-order valence-electron chi connectivity index (χ4n) is 4.26. The molecule has 0 fully saturated rings. The molecule has 3 aromatic carbocycles. The zero-order valence-corrected chi connectivity index (χ0v) is 18.2. The molecule has 0 atom stereocenters. The zero-order valence-electron chi connectivity index (χ0n) is 18.2. The van der Waals surface area contributed by atoms with Crippen LogP contribution < -0.4 is 14.2 Å². The standard InChI is InChI=1S/C23H14N6O7/c24-28-26-10-33-13-2-5-17-19(8-13)35-20-9-14(34-11-27-29-25)3-6-18(20)23(17)16-4-1-12(21(30)31)7-15(16)22(32)36-23/h1-9H,10-11H2,(H,30,31). The molecule has 0 saturated heterocycles. The van der Waals surface area contributed by atoms with Crippen molar-refractivity contribution in [2.75, 3.05) is 13.5 Å². The maximum atomic E-state index is 13.0. The maximum Gasteiger partial charge on any atom is 0.340 e. The molecule has 1 N–H and O–H groups in total. The van der Waals surface area contributed by atoms with Gasteiger partial charge in [0.2, 0.25) is 0 Å². The van der Waals surface area contributed by atoms with Crippen LogP contribution in [0.25, 0.3) is 20.9 Å². The smallest absolute Gasteiger partial charge is 0.340 e. The zero-order chi connectivity index (χ0) is 25.3. The van der Waals surface area contributed by atoms with Crippen LogP contribution in [0.1, 0.15) is 37.4 Å². The van der Waals surface area contributed by atoms with Crippen LogP contribution in [0.15, 0.2) is 64.8 Å². The van der Waals surface area contributed by atoms with E-state index < -0.39 is 17.5 Å². The van der Waals surface area contributed by atoms with Crippen molar-refractivity contribution in [3.05, 3.63) is 103 Å². The number of carboxylic acid groups (broad SMARTS) is 1. The Labute approximate surface area is 201 Å². The van der Waals surface area contributed by atoms with Crippen LogP contribution in [0.2, 0.25) is 0 Å². The van der Waals surface area contributed by atoms with Gasteiger partial charge in [-0.15, -0.1) is 0 Å². The van der Waals surface area contributed by atoms with E-state index in [1.165, 1.54) is 12.1 Å². The summed E-state index contributed by atoms with van der Waals surface area (Å²) in [5.74, 6) is -0.628. The summed E-state index contributed by atoms with van der Waals surface area (Å²) in [4.78, 5) is 29.8. The fourth-order valence-corrected chi connectivity index (χ4v) is 4.26. The summed E-state index contributed by atoms with van der Waals surface area (Å²) in [5.41, 5.74) is 17.0. The number of hydrogen-bond acceptors (Lipinski definition) is 8. The van der Waals surface area contributed by atoms with E-state index in [1.807, 2.05) is 0 Å². The minimum Gasteiger partial charge on any atom is -0.487 e. The van der Waals surface area contributed by atoms with Gasteiger partial charge in [0.25, 0.3) is 0 Å². The van der Waals surface area contributed by atoms with Gasteiger partial charge in [-0.2, -0.15) is 0 Å². The van der Waals surface area contributed by atoms with E-state index in [1.54, 1.807) is 42.5 Å². The van der Waals surface area contributed by atoms with Crippen LogP contribution in [-0.2, 0) is 10.3 Å². The number of ether oxygens (including phenoxy) is 4. The molecule has 2 aliphatic rings. The van der Waals surface area contributed by atoms with Crippen molar-refractivity contribution in [3.63, 3.8) is 0 Å². The van der Waals surface area contributed by atoms with E-state index >= 15 is 0 Å². The van der Waals surface area contributed by atoms with E-state index in [4.69, 9.17) is 30.0 Å². The van der Waals surface area contributed by atoms with Crippen molar-refractivity contribution < 1.29 is 33.6 Å². The molecule has 5 rings (SSSR count). The monoisotopic (exact) mass is 486 g/mol. The van der Waals surface area contributed by atoms with E-state index in [0.717, 1.165) is 0 Å². The number of azide groups is 2. The fraction of sp³-hybridized carbons (Fsp3) is 0.130. The Morgan fingerprint density at radius 3 is 1.97 bits per heavy atom. The van der Waals surface area contributed by atoms with Gasteiger partial charge in [-0.25, -0.2) is 9.59 Å². The average molecular weight is 486 g/mol. The Kier molecular flexibility index (Phi) is 5.46. The molecule has 36 heavy (non-hydrogen) atoms. The van der Waals surface area contributed by atoms with Crippen LogP contribution >= 0.6 is 0 Å². The summed E-state index contributed by atoms with van der Waals surface area (Å²) in [7, 11) is 0. The lowest BCUT2D eigenvalue weighted by molar-refractivity contribution is 0.0224. The normalized spacial score (nSPS) is 16.3. The highest BCUT2D eigenvalue weighted by Gasteiger charge is 2.53. The molecular weight excluding hydrogens is 472 g/mol. The first-order valence-corrected chi connectivity index (χ1v) is 10.3. The second-order valence-corrected chi connectivity index (χ2v) is 7.56. The summed E-state index contributed by atoms with van der Waals surface area (Å²) in [6, 6.07) is 13.9. The highest BCUT2D eigenvalue weighted by Crippen LogP contribution is 2.57. The van der Waals surface area contributed by atoms with E-state index in [2.05, 4.69) is 20.1 Å². The summed E-state index contributed by atoms with van der Waals surface area (Å²) in [5, 5.41) is 16.1. The number of rotatable bonds is 7. The number of carbonyl (C=O) groups is 2. The molecule has 2 heterocycles. The average Bonchev–Trinajstić information content (AvgIpc) is 3.16. The topological polar surface area (TPSA) is 189 Å². The summed E-state index contributed by atoms with van der Waals surface area (Å²) < 4.78 is 23.0. The minimum absolute atomic E-state index is 0.0566. The van der Waals surface area contributed by atoms with Gasteiger partial charge >= 0.3 is 11.9 Å². The van der Waals surface area contributed by atoms with Crippen LogP contribution in [0.3, 0.4) is 0 Å². The van der Waals surface area contributed by atoms with Gasteiger partial charge in [0.05, 0.1) is 11.1 Å². The van der Waals surface area contributed by atoms with Crippen molar-refractivity contribution in [1.29, 1.82) is 0 Å². The molecule has 13 heteroatoms. The summed E-state index contributed by atoms with van der Waals surface area (Å²) in [6.45, 7) is -0.492. The third kappa shape index (κ3) is 3.53. The lowest BCUT2D eigenvalue weighted by Gasteiger charge is -2.36. The molecule has 1 spiro atoms. The minimum atomic E-state index is -1.45. The Balaban J connectivity index is 1.69. The van der Waals surface area contributed by atoms with E-state index in [0.29, 0.717) is 28.2 Å². The number of fused-ring (bicyclic) bond motifs is 6. The molecule has 3 aromatic rings. The molecule has 13 nitrogen and oxygen atoms in total. The molecule has 0 bridgehead atoms. The van der Waals surface area contributed by atoms with Crippen LogP contribution in [0.5, 0.6) is 23.0 Å². The number of carboxylic acids is 1. The highest BCUT2D eigenvalue weighted by atomic mass is 16.6. The molecule has 0 saturated carbocycles. The van der Waals surface area contributed by atoms with Crippen molar-refractivity contribution >= 4 is 11.9 Å². The molecule has 2 aliphatic heterocycles. The van der Waals surface area contributed by atoms with E-state index in [9.17, 15) is 14.7 Å². The Bertz CT molecular complexity index is 1450. The predicted octanol–water partition coefficient (Wildman–Crippen LogP) is 5.25. The second kappa shape index (κ2) is 8.76. The largest absolute Gasteiger partial charge is 0.487 e. The SMILES string of the molecule is [N-]=[N+]=NCOc1ccc2c(c1)Oc1cc(OCN=[N+]=[N-])ccc1C21OC(=O)c2cc(C(=O)O)ccc21. The second-order valence-electron chi connectivity index (χ2n) is 7.56. The van der Waals surface area contributed by atoms with Gasteiger partial charge in [0.1, 0.15) is 23.0 Å². The van der Waals surface area contributed by atoms with Crippen molar-refractivity contribution in [2.45, 2.75) is 5.60 Å². The van der Waals surface area contributed by atoms with Crippen LogP contribution in [-0.4, -0.2) is 30.5 Å². The van der Waals surface area contributed by atoms with Gasteiger partial charge in [-0.1, -0.05) is 16.3 Å². The quantitative estimate of drug-likeness (QED) is 0.204. The van der Waals surface area contributed by atoms with Crippen molar-refractivity contribution in [2.24, 2.45) is 10.2 Å². The molecule has 0 aliphatic carbocycles. The Hall–Kier alpha value is -5.38. The van der Waals surface area contributed by atoms with Gasteiger partial charge in [0, 0.05) is 38.6 Å². The number of benzene rings is 3. The van der Waals surface area contributed by atoms with E-state index in [-0.39, 0.29) is 36.1 Å². The van der Waals surface area contributed by atoms with Gasteiger partial charge in [0.15, 0.2) is 19.1 Å². The Morgan fingerprint density at radius 1 is 0.889 bits per heavy atom. The molecule has 0 amide bonds. The summed E-state index contributed by atoms with van der Waals surface area (Å²) in [6.07, 6.45) is 0. The van der Waals surface area contributed by atoms with Gasteiger partial charge in [-0.05, 0) is 47.5 Å². The molecular formula is C23H14N6O7. The van der Waals surface area contributed by atoms with Crippen molar-refractivity contribution in [1.82, 2.24) is 0 Å². The number of nitrogens with zero attached hydrogens (tertiary/aromatic N) is 6. The highest BCUT2D eigenvalue weighted by molar-refractivity contribution is 6.00. The third-order valence-electron chi connectivity index (χ3n) is 5.70. The first-order chi connectivity index (χ1) is 17.5. The summed E-state index contributed by atoms with van der Waals surface area (Å²) >= 11 is 0. The first-order valence-electron chi connectivity index (χ1n) is 10.3. The van der Waals surface area contributed by atoms with Crippen molar-refractivity contribution in [3.8, 4) is 23.0 Å². The first kappa shape index (κ1) is 22.4. The molecule has 0 aromatic heterocycles. The van der Waals surface area contributed by atoms with Crippen LogP contribution in [0, 0.1) is 0 Å². The number of esters is 1. The third-order valence-corrected chi connectivity index (χ3v) is 5.70. The molecule has 178 valence electrons. The lowest BCUT2D eigenvalue weighted by Crippen LogP contribution is -2.33.